The molecule has 0 spiro atoms. The Morgan fingerprint density at radius 2 is 1.45 bits per heavy atom. The molecule has 0 bridgehead atoms. The fourth-order valence-corrected chi connectivity index (χ4v) is 7.00. The highest BCUT2D eigenvalue weighted by Gasteiger charge is 2.38. The van der Waals surface area contributed by atoms with Gasteiger partial charge in [-0.05, 0) is 105 Å². The first-order chi connectivity index (χ1) is 14.3. The maximum atomic E-state index is 5.65. The van der Waals surface area contributed by atoms with Gasteiger partial charge in [-0.3, -0.25) is 0 Å². The molecule has 4 unspecified atom stereocenters. The zero-order chi connectivity index (χ0) is 20.1. The van der Waals surface area contributed by atoms with E-state index in [-0.39, 0.29) is 0 Å². The third-order valence-corrected chi connectivity index (χ3v) is 8.63. The lowest BCUT2D eigenvalue weighted by molar-refractivity contribution is 0.0712. The van der Waals surface area contributed by atoms with Gasteiger partial charge in [-0.25, -0.2) is 0 Å². The molecule has 0 saturated heterocycles. The highest BCUT2D eigenvalue weighted by atomic mass is 16.5. The minimum absolute atomic E-state index is 0.591. The molecule has 1 aromatic rings. The summed E-state index contributed by atoms with van der Waals surface area (Å²) in [5.41, 5.74) is 1.53. The van der Waals surface area contributed by atoms with E-state index in [0.29, 0.717) is 6.61 Å². The standard InChI is InChI=1S/C28H42O/c1-3-5-21-6-8-22(9-7-21)24-10-12-27-20-25(11-13-26(27)19-24)23-14-16-28(17-15-23)29-18-4-2/h4,14-17,21-22,24-27H,2-3,5-13,18-20H2,1H3. The number of fused-ring (bicyclic) bond motifs is 1. The SMILES string of the molecule is C=CCOc1ccc(C2CCC3CC(C4CCC(CCC)CC4)CCC3C2)cc1. The molecule has 29 heavy (non-hydrogen) atoms. The fraction of sp³-hybridized carbons (Fsp3) is 0.714. The van der Waals surface area contributed by atoms with Gasteiger partial charge in [-0.1, -0.05) is 57.4 Å². The van der Waals surface area contributed by atoms with E-state index in [9.17, 15) is 0 Å². The van der Waals surface area contributed by atoms with E-state index >= 15 is 0 Å². The topological polar surface area (TPSA) is 9.23 Å². The van der Waals surface area contributed by atoms with E-state index in [4.69, 9.17) is 4.74 Å². The van der Waals surface area contributed by atoms with Crippen molar-refractivity contribution in [1.29, 1.82) is 0 Å². The Hall–Kier alpha value is -1.24. The van der Waals surface area contributed by atoms with Crippen LogP contribution < -0.4 is 4.74 Å². The lowest BCUT2D eigenvalue weighted by Crippen LogP contribution is -2.34. The van der Waals surface area contributed by atoms with Crippen molar-refractivity contribution in [1.82, 2.24) is 0 Å². The minimum atomic E-state index is 0.591. The predicted octanol–water partition coefficient (Wildman–Crippen LogP) is 8.16. The maximum absolute atomic E-state index is 5.65. The van der Waals surface area contributed by atoms with Crippen LogP contribution in [0.4, 0.5) is 0 Å². The first-order valence-corrected chi connectivity index (χ1v) is 12.6. The summed E-state index contributed by atoms with van der Waals surface area (Å²) in [6.45, 7) is 6.67. The highest BCUT2D eigenvalue weighted by molar-refractivity contribution is 5.30. The number of rotatable bonds is 7. The summed E-state index contributed by atoms with van der Waals surface area (Å²) < 4.78 is 5.65. The summed E-state index contributed by atoms with van der Waals surface area (Å²) in [5, 5.41) is 0. The zero-order valence-electron chi connectivity index (χ0n) is 18.7. The van der Waals surface area contributed by atoms with Crippen molar-refractivity contribution in [2.75, 3.05) is 6.61 Å². The molecule has 1 nitrogen and oxygen atoms in total. The lowest BCUT2D eigenvalue weighted by atomic mass is 9.60. The van der Waals surface area contributed by atoms with Crippen LogP contribution in [0.2, 0.25) is 0 Å². The van der Waals surface area contributed by atoms with Crippen LogP contribution in [-0.2, 0) is 0 Å². The summed E-state index contributed by atoms with van der Waals surface area (Å²) in [4.78, 5) is 0. The first kappa shape index (κ1) is 21.0. The second-order valence-corrected chi connectivity index (χ2v) is 10.3. The van der Waals surface area contributed by atoms with Crippen molar-refractivity contribution in [3.8, 4) is 5.75 Å². The van der Waals surface area contributed by atoms with Crippen molar-refractivity contribution in [2.24, 2.45) is 29.6 Å². The van der Waals surface area contributed by atoms with Gasteiger partial charge in [0.1, 0.15) is 12.4 Å². The molecule has 1 aromatic carbocycles. The highest BCUT2D eigenvalue weighted by Crippen LogP contribution is 2.51. The number of ether oxygens (including phenoxy) is 1. The molecule has 3 saturated carbocycles. The van der Waals surface area contributed by atoms with Crippen LogP contribution in [0.25, 0.3) is 0 Å². The van der Waals surface area contributed by atoms with Gasteiger partial charge in [0.05, 0.1) is 0 Å². The Morgan fingerprint density at radius 3 is 2.14 bits per heavy atom. The third-order valence-electron chi connectivity index (χ3n) is 8.63. The summed E-state index contributed by atoms with van der Waals surface area (Å²) in [5.74, 6) is 6.91. The zero-order valence-corrected chi connectivity index (χ0v) is 18.7. The molecule has 4 rings (SSSR count). The van der Waals surface area contributed by atoms with Crippen molar-refractivity contribution in [2.45, 2.75) is 89.9 Å². The largest absolute Gasteiger partial charge is 0.490 e. The van der Waals surface area contributed by atoms with Gasteiger partial charge in [0, 0.05) is 0 Å². The van der Waals surface area contributed by atoms with Crippen LogP contribution in [-0.4, -0.2) is 6.61 Å². The molecule has 3 fully saturated rings. The molecule has 0 aromatic heterocycles. The number of benzene rings is 1. The van der Waals surface area contributed by atoms with Gasteiger partial charge >= 0.3 is 0 Å². The molecule has 0 amide bonds. The molecule has 0 heterocycles. The lowest BCUT2D eigenvalue weighted by Gasteiger charge is -2.45. The Bertz CT molecular complexity index is 624. The van der Waals surface area contributed by atoms with Crippen LogP contribution in [0.5, 0.6) is 5.75 Å². The summed E-state index contributed by atoms with van der Waals surface area (Å²) in [7, 11) is 0. The van der Waals surface area contributed by atoms with Crippen molar-refractivity contribution < 1.29 is 4.74 Å². The molecule has 3 aliphatic rings. The van der Waals surface area contributed by atoms with Crippen molar-refractivity contribution >= 4 is 0 Å². The van der Waals surface area contributed by atoms with E-state index < -0.39 is 0 Å². The van der Waals surface area contributed by atoms with E-state index in [1.807, 2.05) is 6.08 Å². The number of hydrogen-bond donors (Lipinski definition) is 0. The van der Waals surface area contributed by atoms with Crippen molar-refractivity contribution in [3.63, 3.8) is 0 Å². The summed E-state index contributed by atoms with van der Waals surface area (Å²) in [6, 6.07) is 8.92. The van der Waals surface area contributed by atoms with Gasteiger partial charge in [0.2, 0.25) is 0 Å². The molecule has 0 aliphatic heterocycles. The van der Waals surface area contributed by atoms with Crippen LogP contribution in [0.3, 0.4) is 0 Å². The van der Waals surface area contributed by atoms with Crippen molar-refractivity contribution in [3.05, 3.63) is 42.5 Å². The minimum Gasteiger partial charge on any atom is -0.490 e. The van der Waals surface area contributed by atoms with E-state index in [1.165, 1.54) is 76.2 Å². The second kappa shape index (κ2) is 10.2. The van der Waals surface area contributed by atoms with Gasteiger partial charge < -0.3 is 4.74 Å². The molecule has 3 aliphatic carbocycles. The van der Waals surface area contributed by atoms with Gasteiger partial charge in [-0.2, -0.15) is 0 Å². The molecule has 160 valence electrons. The van der Waals surface area contributed by atoms with Crippen LogP contribution in [0, 0.1) is 29.6 Å². The Labute approximate surface area is 179 Å². The van der Waals surface area contributed by atoms with Crippen LogP contribution in [0.15, 0.2) is 36.9 Å². The molecule has 0 N–H and O–H groups in total. The molecule has 0 radical (unpaired) electrons. The molecule has 4 atom stereocenters. The van der Waals surface area contributed by atoms with E-state index in [2.05, 4.69) is 37.8 Å². The second-order valence-electron chi connectivity index (χ2n) is 10.3. The Kier molecular flexibility index (Phi) is 7.38. The normalized spacial score (nSPS) is 34.9. The van der Waals surface area contributed by atoms with Gasteiger partial charge in [0.15, 0.2) is 0 Å². The third kappa shape index (κ3) is 5.28. The molecular weight excluding hydrogens is 352 g/mol. The smallest absolute Gasteiger partial charge is 0.119 e. The quantitative estimate of drug-likeness (QED) is 0.424. The van der Waals surface area contributed by atoms with Gasteiger partial charge in [-0.15, -0.1) is 0 Å². The van der Waals surface area contributed by atoms with Gasteiger partial charge in [0.25, 0.3) is 0 Å². The van der Waals surface area contributed by atoms with E-state index in [0.717, 1.165) is 41.3 Å². The van der Waals surface area contributed by atoms with E-state index in [1.54, 1.807) is 6.42 Å². The van der Waals surface area contributed by atoms with Crippen LogP contribution >= 0.6 is 0 Å². The summed E-state index contributed by atoms with van der Waals surface area (Å²) in [6.07, 6.45) is 19.6. The monoisotopic (exact) mass is 394 g/mol. The fourth-order valence-electron chi connectivity index (χ4n) is 7.00. The average Bonchev–Trinajstić information content (AvgIpc) is 2.78. The average molecular weight is 395 g/mol. The molecular formula is C28H42O. The van der Waals surface area contributed by atoms with Crippen LogP contribution in [0.1, 0.15) is 95.5 Å². The number of hydrogen-bond acceptors (Lipinski definition) is 1. The predicted molar refractivity (Wildman–Crippen MR) is 123 cm³/mol. The maximum Gasteiger partial charge on any atom is 0.119 e. The molecule has 1 heteroatoms. The first-order valence-electron chi connectivity index (χ1n) is 12.6. The Morgan fingerprint density at radius 1 is 0.828 bits per heavy atom. The Balaban J connectivity index is 1.27. The summed E-state index contributed by atoms with van der Waals surface area (Å²) >= 11 is 0.